The molecule has 1 aliphatic rings. The van der Waals surface area contributed by atoms with E-state index in [9.17, 15) is 0 Å². The van der Waals surface area contributed by atoms with Gasteiger partial charge in [-0.05, 0) is 53.8 Å². The highest BCUT2D eigenvalue weighted by Gasteiger charge is 2.16. The van der Waals surface area contributed by atoms with Crippen LogP contribution in [0.25, 0.3) is 33.8 Å². The molecule has 5 nitrogen and oxygen atoms in total. The molecule has 3 aromatic carbocycles. The van der Waals surface area contributed by atoms with Crippen molar-refractivity contribution in [3.8, 4) is 33.8 Å². The highest BCUT2D eigenvalue weighted by atomic mass is 79.9. The minimum absolute atomic E-state index is 0. The van der Waals surface area contributed by atoms with Crippen molar-refractivity contribution in [1.82, 2.24) is 19.3 Å². The number of nitrogens with zero attached hydrogens (tertiary/aromatic N) is 5. The second kappa shape index (κ2) is 11.9. The molecule has 0 radical (unpaired) electrons. The standard InChI is InChI=1S/C31H29N5S.BrH/c1-2-20-35-28(25-14-12-24(13-15-25)23-9-5-3-6-10-23)22-37-31(35)32-27-18-16-26(17-19-27)30-34-33-29-11-7-4-8-21-36(29)30;/h2-3,5-6,9-10,12-19,22H,1,4,7-8,11,20-21H2;1H. The van der Waals surface area contributed by atoms with Crippen LogP contribution in [0, 0.1) is 0 Å². The van der Waals surface area contributed by atoms with Gasteiger partial charge in [-0.2, -0.15) is 0 Å². The van der Waals surface area contributed by atoms with E-state index in [4.69, 9.17) is 4.99 Å². The van der Waals surface area contributed by atoms with Gasteiger partial charge in [0.1, 0.15) is 5.82 Å². The number of halogens is 1. The van der Waals surface area contributed by atoms with Crippen LogP contribution in [-0.2, 0) is 19.5 Å². The smallest absolute Gasteiger partial charge is 0.190 e. The third-order valence-corrected chi connectivity index (χ3v) is 7.72. The Morgan fingerprint density at radius 2 is 1.53 bits per heavy atom. The molecule has 1 aliphatic heterocycles. The Morgan fingerprint density at radius 3 is 2.29 bits per heavy atom. The van der Waals surface area contributed by atoms with Gasteiger partial charge >= 0.3 is 0 Å². The van der Waals surface area contributed by atoms with Gasteiger partial charge in [0.25, 0.3) is 0 Å². The van der Waals surface area contributed by atoms with Crippen molar-refractivity contribution in [3.63, 3.8) is 0 Å². The van der Waals surface area contributed by atoms with Crippen molar-refractivity contribution in [1.29, 1.82) is 0 Å². The van der Waals surface area contributed by atoms with Crippen LogP contribution in [0.4, 0.5) is 5.69 Å². The molecule has 5 aromatic rings. The summed E-state index contributed by atoms with van der Waals surface area (Å²) in [5, 5.41) is 11.1. The number of thiazole rings is 1. The Labute approximate surface area is 237 Å². The second-order valence-corrected chi connectivity index (χ2v) is 10.1. The fraction of sp³-hybridized carbons (Fsp3) is 0.194. The third kappa shape index (κ3) is 5.35. The summed E-state index contributed by atoms with van der Waals surface area (Å²) in [5.74, 6) is 2.07. The van der Waals surface area contributed by atoms with Crippen molar-refractivity contribution in [2.75, 3.05) is 0 Å². The van der Waals surface area contributed by atoms with Gasteiger partial charge in [0, 0.05) is 30.5 Å². The lowest BCUT2D eigenvalue weighted by Gasteiger charge is -2.08. The number of hydrogen-bond donors (Lipinski definition) is 0. The Hall–Kier alpha value is -3.55. The normalized spacial score (nSPS) is 13.4. The minimum atomic E-state index is 0. The molecule has 0 aliphatic carbocycles. The molecule has 0 saturated carbocycles. The van der Waals surface area contributed by atoms with E-state index >= 15 is 0 Å². The van der Waals surface area contributed by atoms with Gasteiger partial charge in [-0.25, -0.2) is 4.99 Å². The van der Waals surface area contributed by atoms with E-state index in [0.29, 0.717) is 6.54 Å². The Morgan fingerprint density at radius 1 is 0.816 bits per heavy atom. The fourth-order valence-electron chi connectivity index (χ4n) is 4.91. The van der Waals surface area contributed by atoms with Crippen LogP contribution < -0.4 is 4.80 Å². The van der Waals surface area contributed by atoms with E-state index in [-0.39, 0.29) is 17.0 Å². The molecule has 6 rings (SSSR count). The van der Waals surface area contributed by atoms with E-state index < -0.39 is 0 Å². The zero-order valence-electron chi connectivity index (χ0n) is 21.2. The Kier molecular flexibility index (Phi) is 8.15. The van der Waals surface area contributed by atoms with E-state index in [0.717, 1.165) is 46.4 Å². The van der Waals surface area contributed by atoms with Crippen molar-refractivity contribution in [2.45, 2.75) is 38.8 Å². The molecule has 192 valence electrons. The number of hydrogen-bond acceptors (Lipinski definition) is 4. The molecule has 0 N–H and O–H groups in total. The largest absolute Gasteiger partial charge is 0.313 e. The molecular weight excluding hydrogens is 554 g/mol. The number of fused-ring (bicyclic) bond motifs is 1. The average Bonchev–Trinajstić information content (AvgIpc) is 3.45. The van der Waals surface area contributed by atoms with Crippen molar-refractivity contribution < 1.29 is 0 Å². The highest BCUT2D eigenvalue weighted by molar-refractivity contribution is 8.93. The summed E-state index contributed by atoms with van der Waals surface area (Å²) in [7, 11) is 0. The van der Waals surface area contributed by atoms with Gasteiger partial charge < -0.3 is 9.13 Å². The summed E-state index contributed by atoms with van der Waals surface area (Å²) in [6.45, 7) is 5.67. The molecule has 0 fully saturated rings. The van der Waals surface area contributed by atoms with Crippen LogP contribution in [-0.4, -0.2) is 19.3 Å². The monoisotopic (exact) mass is 583 g/mol. The third-order valence-electron chi connectivity index (χ3n) is 6.86. The molecule has 0 saturated heterocycles. The molecule has 0 unspecified atom stereocenters. The minimum Gasteiger partial charge on any atom is -0.313 e. The highest BCUT2D eigenvalue weighted by Crippen LogP contribution is 2.27. The number of aryl methyl sites for hydroxylation is 1. The molecule has 7 heteroatoms. The van der Waals surface area contributed by atoms with E-state index in [1.54, 1.807) is 11.3 Å². The Bertz CT molecular complexity index is 1580. The first-order valence-corrected chi connectivity index (χ1v) is 13.7. The van der Waals surface area contributed by atoms with Crippen LogP contribution >= 0.6 is 28.3 Å². The van der Waals surface area contributed by atoms with E-state index in [1.807, 2.05) is 12.1 Å². The summed E-state index contributed by atoms with van der Waals surface area (Å²) < 4.78 is 4.51. The molecular formula is C31H30BrN5S. The van der Waals surface area contributed by atoms with Gasteiger partial charge in [-0.1, -0.05) is 67.1 Å². The first-order valence-electron chi connectivity index (χ1n) is 12.8. The Balaban J connectivity index is 0.00000294. The van der Waals surface area contributed by atoms with Gasteiger partial charge in [0.15, 0.2) is 10.6 Å². The molecule has 0 amide bonds. The van der Waals surface area contributed by atoms with Crippen LogP contribution in [0.15, 0.2) is 102 Å². The summed E-state index contributed by atoms with van der Waals surface area (Å²) in [4.78, 5) is 5.94. The molecule has 3 heterocycles. The van der Waals surface area contributed by atoms with Gasteiger partial charge in [-0.15, -0.1) is 45.1 Å². The zero-order chi connectivity index (χ0) is 25.0. The molecule has 0 spiro atoms. The maximum Gasteiger partial charge on any atom is 0.190 e. The maximum absolute atomic E-state index is 4.99. The van der Waals surface area contributed by atoms with Crippen molar-refractivity contribution in [2.24, 2.45) is 4.99 Å². The second-order valence-electron chi connectivity index (χ2n) is 9.31. The number of rotatable bonds is 6. The van der Waals surface area contributed by atoms with E-state index in [1.165, 1.54) is 36.0 Å². The van der Waals surface area contributed by atoms with Gasteiger partial charge in [-0.3, -0.25) is 0 Å². The summed E-state index contributed by atoms with van der Waals surface area (Å²) in [6, 6.07) is 27.5. The maximum atomic E-state index is 4.99. The molecule has 2 aromatic heterocycles. The summed E-state index contributed by atoms with van der Waals surface area (Å²) in [5.41, 5.74) is 6.76. The lowest BCUT2D eigenvalue weighted by Crippen LogP contribution is -2.14. The molecule has 38 heavy (non-hydrogen) atoms. The first kappa shape index (κ1) is 26.1. The van der Waals surface area contributed by atoms with Gasteiger partial charge in [0.05, 0.1) is 11.4 Å². The average molecular weight is 585 g/mol. The lowest BCUT2D eigenvalue weighted by molar-refractivity contribution is 0.636. The first-order chi connectivity index (χ1) is 18.3. The van der Waals surface area contributed by atoms with Crippen molar-refractivity contribution in [3.05, 3.63) is 108 Å². The number of aromatic nitrogens is 4. The lowest BCUT2D eigenvalue weighted by atomic mass is 10.0. The number of allylic oxidation sites excluding steroid dienone is 1. The van der Waals surface area contributed by atoms with Crippen LogP contribution in [0.5, 0.6) is 0 Å². The summed E-state index contributed by atoms with van der Waals surface area (Å²) in [6.07, 6.45) is 6.57. The van der Waals surface area contributed by atoms with Gasteiger partial charge in [0.2, 0.25) is 0 Å². The predicted molar refractivity (Wildman–Crippen MR) is 162 cm³/mol. The SMILES string of the molecule is Br.C=CCn1c(-c2ccc(-c3ccccc3)cc2)csc1=Nc1ccc(-c2nnc3n2CCCCC3)cc1. The number of benzene rings is 3. The van der Waals surface area contributed by atoms with Crippen LogP contribution in [0.1, 0.15) is 25.1 Å². The molecule has 0 atom stereocenters. The molecule has 0 bridgehead atoms. The fourth-order valence-corrected chi connectivity index (χ4v) is 5.85. The van der Waals surface area contributed by atoms with Crippen LogP contribution in [0.2, 0.25) is 0 Å². The van der Waals surface area contributed by atoms with Crippen LogP contribution in [0.3, 0.4) is 0 Å². The zero-order valence-corrected chi connectivity index (χ0v) is 23.7. The quantitative estimate of drug-likeness (QED) is 0.191. The predicted octanol–water partition coefficient (Wildman–Crippen LogP) is 7.86. The topological polar surface area (TPSA) is 48.0 Å². The van der Waals surface area contributed by atoms with Crippen molar-refractivity contribution >= 4 is 34.0 Å². The summed E-state index contributed by atoms with van der Waals surface area (Å²) >= 11 is 1.65. The van der Waals surface area contributed by atoms with E-state index in [2.05, 4.69) is 104 Å².